The average Bonchev–Trinajstić information content (AvgIpc) is 2.71. The molecule has 2 N–H and O–H groups in total. The number of benzene rings is 1. The maximum atomic E-state index is 12.0. The Hall–Kier alpha value is -1.93. The Kier molecular flexibility index (Phi) is 4.02. The quantitative estimate of drug-likeness (QED) is 0.834. The van der Waals surface area contributed by atoms with Gasteiger partial charge in [0.25, 0.3) is 0 Å². The molecule has 1 atom stereocenters. The second kappa shape index (κ2) is 5.45. The van der Waals surface area contributed by atoms with E-state index < -0.39 is 22.5 Å². The van der Waals surface area contributed by atoms with Gasteiger partial charge in [0.15, 0.2) is 0 Å². The normalized spacial score (nSPS) is 17.6. The summed E-state index contributed by atoms with van der Waals surface area (Å²) in [5.74, 6) is -1.35. The molecule has 1 aromatic carbocycles. The molecule has 1 unspecified atom stereocenters. The Bertz CT molecular complexity index is 699. The van der Waals surface area contributed by atoms with Crippen LogP contribution >= 0.6 is 0 Å². The number of aliphatic carboxylic acids is 1. The largest absolute Gasteiger partial charge is 0.480 e. The third kappa shape index (κ3) is 3.06. The molecule has 0 saturated heterocycles. The molecule has 21 heavy (non-hydrogen) atoms. The smallest absolute Gasteiger partial charge is 0.318 e. The van der Waals surface area contributed by atoms with Crippen molar-refractivity contribution in [1.29, 1.82) is 0 Å². The van der Waals surface area contributed by atoms with Gasteiger partial charge in [-0.2, -0.15) is 4.72 Å². The first-order valence-electron chi connectivity index (χ1n) is 6.36. The van der Waals surface area contributed by atoms with Crippen LogP contribution in [0.5, 0.6) is 0 Å². The van der Waals surface area contributed by atoms with Gasteiger partial charge in [0, 0.05) is 18.7 Å². The van der Waals surface area contributed by atoms with E-state index in [2.05, 4.69) is 0 Å². The highest BCUT2D eigenvalue weighted by atomic mass is 32.2. The Morgan fingerprint density at radius 3 is 2.67 bits per heavy atom. The van der Waals surface area contributed by atoms with Crippen molar-refractivity contribution < 1.29 is 23.1 Å². The summed E-state index contributed by atoms with van der Waals surface area (Å²) >= 11 is 0. The zero-order chi connectivity index (χ0) is 15.8. The summed E-state index contributed by atoms with van der Waals surface area (Å²) in [6, 6.07) is 4.41. The SMILES string of the molecule is CC(=O)N1c2ccc(S(=O)(=O)NCC(=O)O)cc2CC1C. The van der Waals surface area contributed by atoms with E-state index in [-0.39, 0.29) is 16.8 Å². The highest BCUT2D eigenvalue weighted by Gasteiger charge is 2.30. The number of carbonyl (C=O) groups is 2. The van der Waals surface area contributed by atoms with E-state index in [1.165, 1.54) is 19.1 Å². The summed E-state index contributed by atoms with van der Waals surface area (Å²) in [5.41, 5.74) is 1.46. The fourth-order valence-electron chi connectivity index (χ4n) is 2.49. The van der Waals surface area contributed by atoms with Crippen LogP contribution in [0.1, 0.15) is 19.4 Å². The number of nitrogens with zero attached hydrogens (tertiary/aromatic N) is 1. The van der Waals surface area contributed by atoms with Crippen LogP contribution in [-0.4, -0.2) is 38.0 Å². The van der Waals surface area contributed by atoms with Crippen LogP contribution in [-0.2, 0) is 26.0 Å². The molecule has 7 nitrogen and oxygen atoms in total. The lowest BCUT2D eigenvalue weighted by Crippen LogP contribution is -2.33. The summed E-state index contributed by atoms with van der Waals surface area (Å²) in [5, 5.41) is 8.54. The fourth-order valence-corrected chi connectivity index (χ4v) is 3.52. The molecule has 1 heterocycles. The lowest BCUT2D eigenvalue weighted by atomic mass is 10.1. The monoisotopic (exact) mass is 312 g/mol. The number of carboxylic acids is 1. The highest BCUT2D eigenvalue weighted by molar-refractivity contribution is 7.89. The standard InChI is InChI=1S/C13H16N2O5S/c1-8-5-10-6-11(21(19,20)14-7-13(17)18)3-4-12(10)15(8)9(2)16/h3-4,6,8,14H,5,7H2,1-2H3,(H,17,18). The lowest BCUT2D eigenvalue weighted by molar-refractivity contribution is -0.135. The van der Waals surface area contributed by atoms with E-state index in [1.807, 2.05) is 11.6 Å². The number of amides is 1. The van der Waals surface area contributed by atoms with Crippen molar-refractivity contribution in [3.63, 3.8) is 0 Å². The van der Waals surface area contributed by atoms with Crippen LogP contribution in [0.4, 0.5) is 5.69 Å². The minimum atomic E-state index is -3.87. The molecule has 1 aromatic rings. The molecule has 0 bridgehead atoms. The Balaban J connectivity index is 2.33. The molecule has 0 aromatic heterocycles. The fraction of sp³-hybridized carbons (Fsp3) is 0.385. The maximum Gasteiger partial charge on any atom is 0.318 e. The van der Waals surface area contributed by atoms with E-state index in [0.717, 1.165) is 5.56 Å². The van der Waals surface area contributed by atoms with Gasteiger partial charge in [-0.15, -0.1) is 0 Å². The molecule has 8 heteroatoms. The number of sulfonamides is 1. The summed E-state index contributed by atoms with van der Waals surface area (Å²) in [6.45, 7) is 2.68. The van der Waals surface area contributed by atoms with Crippen molar-refractivity contribution in [2.24, 2.45) is 0 Å². The number of carboxylic acid groups (broad SMARTS) is 1. The van der Waals surface area contributed by atoms with Gasteiger partial charge < -0.3 is 10.0 Å². The lowest BCUT2D eigenvalue weighted by Gasteiger charge is -2.20. The zero-order valence-corrected chi connectivity index (χ0v) is 12.5. The van der Waals surface area contributed by atoms with E-state index in [0.29, 0.717) is 12.1 Å². The molecule has 0 aliphatic carbocycles. The van der Waals surface area contributed by atoms with Crippen molar-refractivity contribution >= 4 is 27.6 Å². The van der Waals surface area contributed by atoms with Crippen LogP contribution in [0.3, 0.4) is 0 Å². The molecule has 114 valence electrons. The number of fused-ring (bicyclic) bond motifs is 1. The predicted octanol–water partition coefficient (Wildman–Crippen LogP) is 0.347. The van der Waals surface area contributed by atoms with Crippen molar-refractivity contribution in [3.05, 3.63) is 23.8 Å². The highest BCUT2D eigenvalue weighted by Crippen LogP contribution is 2.33. The number of hydrogen-bond donors (Lipinski definition) is 2. The van der Waals surface area contributed by atoms with Crippen molar-refractivity contribution in [1.82, 2.24) is 4.72 Å². The summed E-state index contributed by atoms with van der Waals surface area (Å²) in [6.07, 6.45) is 0.567. The molecule has 0 radical (unpaired) electrons. The Morgan fingerprint density at radius 2 is 2.10 bits per heavy atom. The summed E-state index contributed by atoms with van der Waals surface area (Å²) in [4.78, 5) is 23.7. The molecule has 0 fully saturated rings. The first-order valence-corrected chi connectivity index (χ1v) is 7.85. The van der Waals surface area contributed by atoms with Gasteiger partial charge in [-0.05, 0) is 37.1 Å². The molecular weight excluding hydrogens is 296 g/mol. The third-order valence-corrected chi connectivity index (χ3v) is 4.73. The maximum absolute atomic E-state index is 12.0. The van der Waals surface area contributed by atoms with Gasteiger partial charge in [-0.1, -0.05) is 0 Å². The molecule has 1 aliphatic rings. The van der Waals surface area contributed by atoms with Crippen LogP contribution < -0.4 is 9.62 Å². The van der Waals surface area contributed by atoms with Crippen molar-refractivity contribution in [2.75, 3.05) is 11.4 Å². The summed E-state index contributed by atoms with van der Waals surface area (Å²) < 4.78 is 26.0. The molecule has 1 amide bonds. The number of rotatable bonds is 4. The van der Waals surface area contributed by atoms with E-state index >= 15 is 0 Å². The average molecular weight is 312 g/mol. The molecule has 0 saturated carbocycles. The van der Waals surface area contributed by atoms with Gasteiger partial charge in [-0.25, -0.2) is 8.42 Å². The first kappa shape index (κ1) is 15.5. The van der Waals surface area contributed by atoms with Gasteiger partial charge in [-0.3, -0.25) is 9.59 Å². The Labute approximate surface area is 122 Å². The van der Waals surface area contributed by atoms with Gasteiger partial charge in [0.05, 0.1) is 4.90 Å². The topological polar surface area (TPSA) is 104 Å². The molecule has 1 aliphatic heterocycles. The summed E-state index contributed by atoms with van der Waals surface area (Å²) in [7, 11) is -3.87. The van der Waals surface area contributed by atoms with E-state index in [4.69, 9.17) is 5.11 Å². The Morgan fingerprint density at radius 1 is 1.43 bits per heavy atom. The number of anilines is 1. The molecule has 0 spiro atoms. The first-order chi connectivity index (χ1) is 9.72. The van der Waals surface area contributed by atoms with Crippen LogP contribution in [0.15, 0.2) is 23.1 Å². The van der Waals surface area contributed by atoms with E-state index in [1.54, 1.807) is 11.0 Å². The van der Waals surface area contributed by atoms with Crippen LogP contribution in [0.2, 0.25) is 0 Å². The minimum absolute atomic E-state index is 0.0000945. The van der Waals surface area contributed by atoms with Gasteiger partial charge in [0.2, 0.25) is 15.9 Å². The second-order valence-corrected chi connectivity index (χ2v) is 6.72. The van der Waals surface area contributed by atoms with E-state index in [9.17, 15) is 18.0 Å². The number of hydrogen-bond acceptors (Lipinski definition) is 4. The second-order valence-electron chi connectivity index (χ2n) is 4.95. The number of carbonyl (C=O) groups excluding carboxylic acids is 1. The minimum Gasteiger partial charge on any atom is -0.480 e. The number of nitrogens with one attached hydrogen (secondary N) is 1. The van der Waals surface area contributed by atoms with Crippen molar-refractivity contribution in [2.45, 2.75) is 31.2 Å². The van der Waals surface area contributed by atoms with Gasteiger partial charge >= 0.3 is 5.97 Å². The van der Waals surface area contributed by atoms with Crippen LogP contribution in [0, 0.1) is 0 Å². The van der Waals surface area contributed by atoms with Crippen molar-refractivity contribution in [3.8, 4) is 0 Å². The van der Waals surface area contributed by atoms with Crippen LogP contribution in [0.25, 0.3) is 0 Å². The third-order valence-electron chi connectivity index (χ3n) is 3.33. The van der Waals surface area contributed by atoms with Gasteiger partial charge in [0.1, 0.15) is 6.54 Å². The molecule has 2 rings (SSSR count). The zero-order valence-electron chi connectivity index (χ0n) is 11.7. The molecular formula is C13H16N2O5S. The predicted molar refractivity (Wildman–Crippen MR) is 75.6 cm³/mol.